The zero-order chi connectivity index (χ0) is 21.7. The van der Waals surface area contributed by atoms with Crippen LogP contribution < -0.4 is 9.62 Å². The molecular weight excluding hydrogens is 443 g/mol. The second-order valence-electron chi connectivity index (χ2n) is 6.64. The van der Waals surface area contributed by atoms with E-state index in [1.807, 2.05) is 13.0 Å². The van der Waals surface area contributed by atoms with Crippen molar-refractivity contribution < 1.29 is 13.2 Å². The lowest BCUT2D eigenvalue weighted by molar-refractivity contribution is -0.119. The van der Waals surface area contributed by atoms with Gasteiger partial charge in [0.05, 0.1) is 15.6 Å². The number of anilines is 1. The molecule has 8 heteroatoms. The summed E-state index contributed by atoms with van der Waals surface area (Å²) >= 11 is 12.4. The second-order valence-corrected chi connectivity index (χ2v) is 9.32. The standard InChI is InChI=1S/C22H20Cl2N2O3S/c1-16-10-12-18(13-11-16)30(28,29)26(21-9-5-4-8-20(21)24)15-22(27)25-14-17-6-2-3-7-19(17)23/h2-13H,14-15H2,1H3,(H,25,27). The van der Waals surface area contributed by atoms with Gasteiger partial charge in [0.15, 0.2) is 0 Å². The van der Waals surface area contributed by atoms with E-state index in [-0.39, 0.29) is 22.2 Å². The van der Waals surface area contributed by atoms with E-state index in [0.717, 1.165) is 15.4 Å². The highest BCUT2D eigenvalue weighted by molar-refractivity contribution is 7.92. The van der Waals surface area contributed by atoms with Crippen LogP contribution >= 0.6 is 23.2 Å². The van der Waals surface area contributed by atoms with Gasteiger partial charge in [-0.25, -0.2) is 8.42 Å². The molecule has 5 nitrogen and oxygen atoms in total. The van der Waals surface area contributed by atoms with Crippen LogP contribution in [0.3, 0.4) is 0 Å². The maximum Gasteiger partial charge on any atom is 0.264 e. The second kappa shape index (κ2) is 9.51. The number of sulfonamides is 1. The number of aryl methyl sites for hydroxylation is 1. The van der Waals surface area contributed by atoms with E-state index in [0.29, 0.717) is 5.02 Å². The molecule has 1 N–H and O–H groups in total. The fourth-order valence-corrected chi connectivity index (χ4v) is 4.74. The Morgan fingerprint density at radius 3 is 2.13 bits per heavy atom. The number of rotatable bonds is 7. The van der Waals surface area contributed by atoms with Crippen molar-refractivity contribution in [3.8, 4) is 0 Å². The number of nitrogens with one attached hydrogen (secondary N) is 1. The molecule has 0 heterocycles. The fraction of sp³-hybridized carbons (Fsp3) is 0.136. The summed E-state index contributed by atoms with van der Waals surface area (Å²) in [6.45, 7) is 1.62. The third kappa shape index (κ3) is 5.14. The third-order valence-corrected chi connectivity index (χ3v) is 6.91. The molecular formula is C22H20Cl2N2O3S. The summed E-state index contributed by atoms with van der Waals surface area (Å²) in [6.07, 6.45) is 0. The van der Waals surface area contributed by atoms with Crippen molar-refractivity contribution in [1.82, 2.24) is 5.32 Å². The lowest BCUT2D eigenvalue weighted by atomic mass is 10.2. The summed E-state index contributed by atoms with van der Waals surface area (Å²) in [5.74, 6) is -0.481. The Balaban J connectivity index is 1.88. The Labute approximate surface area is 186 Å². The van der Waals surface area contributed by atoms with Gasteiger partial charge < -0.3 is 5.32 Å². The molecule has 0 aliphatic rings. The van der Waals surface area contributed by atoms with Crippen molar-refractivity contribution in [3.63, 3.8) is 0 Å². The fourth-order valence-electron chi connectivity index (χ4n) is 2.81. The van der Waals surface area contributed by atoms with Crippen molar-refractivity contribution in [2.75, 3.05) is 10.8 Å². The number of amides is 1. The van der Waals surface area contributed by atoms with Crippen LogP contribution in [0.4, 0.5) is 5.69 Å². The first-order valence-electron chi connectivity index (χ1n) is 9.13. The first kappa shape index (κ1) is 22.2. The molecule has 3 aromatic carbocycles. The molecule has 0 radical (unpaired) electrons. The number of hydrogen-bond acceptors (Lipinski definition) is 3. The molecule has 0 aliphatic heterocycles. The predicted molar refractivity (Wildman–Crippen MR) is 120 cm³/mol. The quantitative estimate of drug-likeness (QED) is 0.547. The highest BCUT2D eigenvalue weighted by Gasteiger charge is 2.28. The number of hydrogen-bond donors (Lipinski definition) is 1. The molecule has 0 saturated heterocycles. The Kier molecular flexibility index (Phi) is 7.02. The van der Waals surface area contributed by atoms with E-state index in [2.05, 4.69) is 5.32 Å². The summed E-state index contributed by atoms with van der Waals surface area (Å²) < 4.78 is 27.7. The van der Waals surface area contributed by atoms with Crippen LogP contribution in [0.1, 0.15) is 11.1 Å². The van der Waals surface area contributed by atoms with Crippen LogP contribution in [0.25, 0.3) is 0 Å². The number of carbonyl (C=O) groups excluding carboxylic acids is 1. The van der Waals surface area contributed by atoms with Gasteiger partial charge in [-0.3, -0.25) is 9.10 Å². The van der Waals surface area contributed by atoms with Crippen LogP contribution in [0, 0.1) is 6.92 Å². The van der Waals surface area contributed by atoms with Crippen molar-refractivity contribution >= 4 is 44.8 Å². The number of benzene rings is 3. The van der Waals surface area contributed by atoms with E-state index in [4.69, 9.17) is 23.2 Å². The Morgan fingerprint density at radius 2 is 1.50 bits per heavy atom. The summed E-state index contributed by atoms with van der Waals surface area (Å²) in [5, 5.41) is 3.47. The molecule has 0 spiro atoms. The summed E-state index contributed by atoms with van der Waals surface area (Å²) in [5.41, 5.74) is 1.89. The van der Waals surface area contributed by atoms with E-state index in [9.17, 15) is 13.2 Å². The zero-order valence-corrected chi connectivity index (χ0v) is 18.5. The minimum absolute atomic E-state index is 0.0759. The summed E-state index contributed by atoms with van der Waals surface area (Å²) in [4.78, 5) is 12.7. The van der Waals surface area contributed by atoms with Crippen LogP contribution in [-0.2, 0) is 21.4 Å². The smallest absolute Gasteiger partial charge is 0.264 e. The number of halogens is 2. The molecule has 0 unspecified atom stereocenters. The number of carbonyl (C=O) groups is 1. The molecule has 0 aliphatic carbocycles. The highest BCUT2D eigenvalue weighted by Crippen LogP contribution is 2.30. The average Bonchev–Trinajstić information content (AvgIpc) is 2.72. The van der Waals surface area contributed by atoms with Crippen LogP contribution in [-0.4, -0.2) is 20.9 Å². The van der Waals surface area contributed by atoms with Crippen LogP contribution in [0.15, 0.2) is 77.7 Å². The Bertz CT molecular complexity index is 1150. The Morgan fingerprint density at radius 1 is 0.900 bits per heavy atom. The number of para-hydroxylation sites is 1. The minimum atomic E-state index is -4.02. The van der Waals surface area contributed by atoms with E-state index in [1.54, 1.807) is 54.6 Å². The van der Waals surface area contributed by atoms with Crippen molar-refractivity contribution in [1.29, 1.82) is 0 Å². The SMILES string of the molecule is Cc1ccc(S(=O)(=O)N(CC(=O)NCc2ccccc2Cl)c2ccccc2Cl)cc1. The molecule has 3 aromatic rings. The number of nitrogens with zero attached hydrogens (tertiary/aromatic N) is 1. The molecule has 0 saturated carbocycles. The van der Waals surface area contributed by atoms with Crippen molar-refractivity contribution in [3.05, 3.63) is 94.0 Å². The first-order chi connectivity index (χ1) is 14.3. The molecule has 1 amide bonds. The van der Waals surface area contributed by atoms with Crippen LogP contribution in [0.2, 0.25) is 10.0 Å². The van der Waals surface area contributed by atoms with Gasteiger partial charge in [0.25, 0.3) is 10.0 Å². The van der Waals surface area contributed by atoms with Gasteiger partial charge in [-0.15, -0.1) is 0 Å². The lowest BCUT2D eigenvalue weighted by Crippen LogP contribution is -2.40. The van der Waals surface area contributed by atoms with Crippen molar-refractivity contribution in [2.45, 2.75) is 18.4 Å². The summed E-state index contributed by atoms with van der Waals surface area (Å²) in [7, 11) is -4.02. The molecule has 0 aromatic heterocycles. The zero-order valence-electron chi connectivity index (χ0n) is 16.2. The minimum Gasteiger partial charge on any atom is -0.350 e. The van der Waals surface area contributed by atoms with Gasteiger partial charge in [0.1, 0.15) is 6.54 Å². The van der Waals surface area contributed by atoms with Gasteiger partial charge >= 0.3 is 0 Å². The van der Waals surface area contributed by atoms with Gasteiger partial charge in [-0.2, -0.15) is 0 Å². The highest BCUT2D eigenvalue weighted by atomic mass is 35.5. The molecule has 30 heavy (non-hydrogen) atoms. The molecule has 0 fully saturated rings. The average molecular weight is 463 g/mol. The predicted octanol–water partition coefficient (Wildman–Crippen LogP) is 4.81. The molecule has 0 bridgehead atoms. The molecule has 3 rings (SSSR count). The van der Waals surface area contributed by atoms with Gasteiger partial charge in [-0.05, 0) is 42.8 Å². The van der Waals surface area contributed by atoms with Gasteiger partial charge in [-0.1, -0.05) is 71.2 Å². The van der Waals surface area contributed by atoms with E-state index in [1.165, 1.54) is 12.1 Å². The maximum atomic E-state index is 13.3. The van der Waals surface area contributed by atoms with Crippen LogP contribution in [0.5, 0.6) is 0 Å². The first-order valence-corrected chi connectivity index (χ1v) is 11.3. The molecule has 156 valence electrons. The monoisotopic (exact) mass is 462 g/mol. The summed E-state index contributed by atoms with van der Waals surface area (Å²) in [6, 6.07) is 20.0. The van der Waals surface area contributed by atoms with E-state index < -0.39 is 22.5 Å². The topological polar surface area (TPSA) is 66.5 Å². The normalized spacial score (nSPS) is 11.2. The van der Waals surface area contributed by atoms with Gasteiger partial charge in [0, 0.05) is 11.6 Å². The van der Waals surface area contributed by atoms with Gasteiger partial charge in [0.2, 0.25) is 5.91 Å². The lowest BCUT2D eigenvalue weighted by Gasteiger charge is -2.25. The largest absolute Gasteiger partial charge is 0.350 e. The van der Waals surface area contributed by atoms with E-state index >= 15 is 0 Å². The maximum absolute atomic E-state index is 13.3. The van der Waals surface area contributed by atoms with Crippen molar-refractivity contribution in [2.24, 2.45) is 0 Å². The molecule has 0 atom stereocenters. The Hall–Kier alpha value is -2.54. The third-order valence-electron chi connectivity index (χ3n) is 4.45.